The molecule has 0 spiro atoms. The molecule has 21 heavy (non-hydrogen) atoms. The highest BCUT2D eigenvalue weighted by Crippen LogP contribution is 2.24. The number of benzene rings is 2. The minimum absolute atomic E-state index is 0.207. The SMILES string of the molecule is NC(=S)c1ccc(Cl)c(NC(=O)c2ccc(F)cc2I)c1. The molecular formula is C14H9ClFIN2OS. The van der Waals surface area contributed by atoms with E-state index in [0.29, 0.717) is 25.4 Å². The second-order valence-electron chi connectivity index (χ2n) is 4.14. The van der Waals surface area contributed by atoms with Gasteiger partial charge in [0.05, 0.1) is 16.3 Å². The van der Waals surface area contributed by atoms with Crippen molar-refractivity contribution in [2.45, 2.75) is 0 Å². The van der Waals surface area contributed by atoms with Gasteiger partial charge in [0.1, 0.15) is 10.8 Å². The van der Waals surface area contributed by atoms with Crippen LogP contribution in [0.4, 0.5) is 10.1 Å². The molecule has 108 valence electrons. The maximum absolute atomic E-state index is 13.1. The van der Waals surface area contributed by atoms with Crippen molar-refractivity contribution in [3.8, 4) is 0 Å². The zero-order valence-corrected chi connectivity index (χ0v) is 14.2. The molecule has 0 aliphatic rings. The maximum atomic E-state index is 13.1. The first-order chi connectivity index (χ1) is 9.88. The maximum Gasteiger partial charge on any atom is 0.256 e. The number of hydrogen-bond acceptors (Lipinski definition) is 2. The van der Waals surface area contributed by atoms with Gasteiger partial charge in [0.25, 0.3) is 5.91 Å². The first-order valence-corrected chi connectivity index (χ1v) is 7.60. The summed E-state index contributed by atoms with van der Waals surface area (Å²) in [5.41, 5.74) is 6.89. The lowest BCUT2D eigenvalue weighted by atomic mass is 10.1. The highest BCUT2D eigenvalue weighted by atomic mass is 127. The minimum Gasteiger partial charge on any atom is -0.389 e. The lowest BCUT2D eigenvalue weighted by Gasteiger charge is -2.10. The van der Waals surface area contributed by atoms with Gasteiger partial charge in [-0.25, -0.2) is 4.39 Å². The van der Waals surface area contributed by atoms with Crippen molar-refractivity contribution in [1.29, 1.82) is 0 Å². The third-order valence-corrected chi connectivity index (χ3v) is 4.13. The van der Waals surface area contributed by atoms with E-state index in [-0.39, 0.29) is 10.9 Å². The van der Waals surface area contributed by atoms with Gasteiger partial charge in [0, 0.05) is 9.13 Å². The number of thiocarbonyl (C=S) groups is 1. The summed E-state index contributed by atoms with van der Waals surface area (Å²) in [6.07, 6.45) is 0. The van der Waals surface area contributed by atoms with Gasteiger partial charge in [0.15, 0.2) is 0 Å². The predicted octanol–water partition coefficient (Wildman–Crippen LogP) is 3.97. The van der Waals surface area contributed by atoms with Gasteiger partial charge in [-0.2, -0.15) is 0 Å². The van der Waals surface area contributed by atoms with Gasteiger partial charge in [-0.15, -0.1) is 0 Å². The van der Waals surface area contributed by atoms with Gasteiger partial charge >= 0.3 is 0 Å². The van der Waals surface area contributed by atoms with Crippen LogP contribution in [0.25, 0.3) is 0 Å². The van der Waals surface area contributed by atoms with Gasteiger partial charge in [-0.1, -0.05) is 29.9 Å². The monoisotopic (exact) mass is 434 g/mol. The molecule has 1 amide bonds. The molecule has 0 saturated heterocycles. The van der Waals surface area contributed by atoms with Gasteiger partial charge in [-0.3, -0.25) is 4.79 Å². The molecule has 0 bridgehead atoms. The van der Waals surface area contributed by atoms with Gasteiger partial charge in [-0.05, 0) is 52.9 Å². The fourth-order valence-corrected chi connectivity index (χ4v) is 2.65. The third kappa shape index (κ3) is 3.90. The normalized spacial score (nSPS) is 10.2. The summed E-state index contributed by atoms with van der Waals surface area (Å²) in [4.78, 5) is 12.4. The average Bonchev–Trinajstić information content (AvgIpc) is 2.40. The molecule has 3 N–H and O–H groups in total. The highest BCUT2D eigenvalue weighted by molar-refractivity contribution is 14.1. The fraction of sp³-hybridized carbons (Fsp3) is 0. The molecule has 0 saturated carbocycles. The Morgan fingerprint density at radius 1 is 1.29 bits per heavy atom. The second kappa shape index (κ2) is 6.67. The topological polar surface area (TPSA) is 55.1 Å². The molecule has 7 heteroatoms. The first-order valence-electron chi connectivity index (χ1n) is 5.74. The van der Waals surface area contributed by atoms with Crippen molar-refractivity contribution in [1.82, 2.24) is 0 Å². The minimum atomic E-state index is -0.399. The summed E-state index contributed by atoms with van der Waals surface area (Å²) in [6, 6.07) is 8.78. The second-order valence-corrected chi connectivity index (χ2v) is 6.15. The number of hydrogen-bond donors (Lipinski definition) is 2. The van der Waals surface area contributed by atoms with Crippen LogP contribution >= 0.6 is 46.4 Å². The molecular weight excluding hydrogens is 426 g/mol. The van der Waals surface area contributed by atoms with Gasteiger partial charge in [0.2, 0.25) is 0 Å². The Morgan fingerprint density at radius 2 is 2.00 bits per heavy atom. The predicted molar refractivity (Wildman–Crippen MR) is 94.4 cm³/mol. The van der Waals surface area contributed by atoms with Crippen molar-refractivity contribution in [3.63, 3.8) is 0 Å². The fourth-order valence-electron chi connectivity index (χ4n) is 1.64. The van der Waals surface area contributed by atoms with Crippen LogP contribution in [0.2, 0.25) is 5.02 Å². The lowest BCUT2D eigenvalue weighted by molar-refractivity contribution is 0.102. The highest BCUT2D eigenvalue weighted by Gasteiger charge is 2.13. The molecule has 3 nitrogen and oxygen atoms in total. The van der Waals surface area contributed by atoms with Crippen LogP contribution in [-0.4, -0.2) is 10.9 Å². The summed E-state index contributed by atoms with van der Waals surface area (Å²) in [6.45, 7) is 0. The van der Waals surface area contributed by atoms with E-state index in [1.807, 2.05) is 22.6 Å². The molecule has 2 aromatic rings. The summed E-state index contributed by atoms with van der Waals surface area (Å²) in [5.74, 6) is -0.786. The Bertz CT molecular complexity index is 739. The van der Waals surface area contributed by atoms with Crippen LogP contribution in [0, 0.1) is 9.39 Å². The van der Waals surface area contributed by atoms with E-state index in [0.717, 1.165) is 0 Å². The number of carbonyl (C=O) groups excluding carboxylic acids is 1. The number of carbonyl (C=O) groups is 1. The van der Waals surface area contributed by atoms with Crippen molar-refractivity contribution in [3.05, 3.63) is 61.9 Å². The van der Waals surface area contributed by atoms with Crippen molar-refractivity contribution < 1.29 is 9.18 Å². The summed E-state index contributed by atoms with van der Waals surface area (Å²) >= 11 is 12.8. The molecule has 0 radical (unpaired) electrons. The number of halogens is 3. The van der Waals surface area contributed by atoms with E-state index < -0.39 is 5.82 Å². The Balaban J connectivity index is 2.31. The molecule has 0 atom stereocenters. The van der Waals surface area contributed by atoms with Crippen molar-refractivity contribution in [2.24, 2.45) is 5.73 Å². The van der Waals surface area contributed by atoms with Crippen LogP contribution in [0.3, 0.4) is 0 Å². The number of nitrogens with two attached hydrogens (primary N) is 1. The van der Waals surface area contributed by atoms with Crippen molar-refractivity contribution in [2.75, 3.05) is 5.32 Å². The molecule has 0 heterocycles. The van der Waals surface area contributed by atoms with E-state index in [1.54, 1.807) is 18.2 Å². The van der Waals surface area contributed by atoms with E-state index in [2.05, 4.69) is 5.32 Å². The Morgan fingerprint density at radius 3 is 2.62 bits per heavy atom. The third-order valence-electron chi connectivity index (χ3n) is 2.67. The Kier molecular flexibility index (Phi) is 5.13. The van der Waals surface area contributed by atoms with Crippen molar-refractivity contribution >= 4 is 63.0 Å². The number of amides is 1. The molecule has 0 aliphatic heterocycles. The van der Waals surface area contributed by atoms with E-state index >= 15 is 0 Å². The summed E-state index contributed by atoms with van der Waals surface area (Å²) < 4.78 is 13.6. The molecule has 2 aromatic carbocycles. The quantitative estimate of drug-likeness (QED) is 0.568. The zero-order chi connectivity index (χ0) is 15.6. The standard InChI is InChI=1S/C14H9ClFIN2OS/c15-10-4-1-7(13(18)21)5-12(10)19-14(20)9-3-2-8(16)6-11(9)17/h1-6H,(H2,18,21)(H,19,20). The van der Waals surface area contributed by atoms with Gasteiger partial charge < -0.3 is 11.1 Å². The summed E-state index contributed by atoms with van der Waals surface area (Å²) in [5, 5.41) is 3.03. The van der Waals surface area contributed by atoms with Crippen LogP contribution in [-0.2, 0) is 0 Å². The van der Waals surface area contributed by atoms with E-state index in [1.165, 1.54) is 18.2 Å². The van der Waals surface area contributed by atoms with Crippen LogP contribution in [0.5, 0.6) is 0 Å². The van der Waals surface area contributed by atoms with Crippen LogP contribution in [0.15, 0.2) is 36.4 Å². The average molecular weight is 435 g/mol. The summed E-state index contributed by atoms with van der Waals surface area (Å²) in [7, 11) is 0. The molecule has 0 fully saturated rings. The van der Waals surface area contributed by atoms with E-state index in [9.17, 15) is 9.18 Å². The Hall–Kier alpha value is -1.25. The number of anilines is 1. The molecule has 0 unspecified atom stereocenters. The largest absolute Gasteiger partial charge is 0.389 e. The van der Waals surface area contributed by atoms with E-state index in [4.69, 9.17) is 29.6 Å². The van der Waals surface area contributed by atoms with Crippen LogP contribution < -0.4 is 11.1 Å². The number of nitrogens with one attached hydrogen (secondary N) is 1. The first kappa shape index (κ1) is 16.1. The zero-order valence-electron chi connectivity index (χ0n) is 10.5. The smallest absolute Gasteiger partial charge is 0.256 e. The number of rotatable bonds is 3. The lowest BCUT2D eigenvalue weighted by Crippen LogP contribution is -2.15. The molecule has 2 rings (SSSR count). The molecule has 0 aliphatic carbocycles. The molecule has 0 aromatic heterocycles. The Labute approximate surface area is 144 Å². The van der Waals surface area contributed by atoms with Crippen LogP contribution in [0.1, 0.15) is 15.9 Å².